The van der Waals surface area contributed by atoms with Crippen LogP contribution in [-0.4, -0.2) is 59.3 Å². The van der Waals surface area contributed by atoms with E-state index in [0.29, 0.717) is 30.0 Å². The molecule has 5 heterocycles. The van der Waals surface area contributed by atoms with Gasteiger partial charge in [0.2, 0.25) is 11.7 Å². The summed E-state index contributed by atoms with van der Waals surface area (Å²) in [5.74, 6) is -1.04. The standard InChI is InChI=1S/C30H32F2N6O3/c1-18-17-41-30-27(32)24(31)11-23-28(30)38(18)15-20(29(23)39)14-37(13-19-6-8-34-26(10-19)40-3)22-7-9-36(16-22)21-4-5-25(33-2)35-12-21/h4-6,8,10-12,15,18,22H,7,9,13-14,16-17H2,1-3H3,(H,33,35). The van der Waals surface area contributed by atoms with Crippen molar-refractivity contribution in [1.82, 2.24) is 19.4 Å². The van der Waals surface area contributed by atoms with E-state index in [1.165, 1.54) is 0 Å². The third-order valence-electron chi connectivity index (χ3n) is 8.00. The highest BCUT2D eigenvalue weighted by Crippen LogP contribution is 2.36. The molecule has 11 heteroatoms. The number of hydrogen-bond acceptors (Lipinski definition) is 8. The van der Waals surface area contributed by atoms with Gasteiger partial charge in [-0.25, -0.2) is 14.4 Å². The van der Waals surface area contributed by atoms with Gasteiger partial charge in [0.05, 0.1) is 35.9 Å². The summed E-state index contributed by atoms with van der Waals surface area (Å²) >= 11 is 0. The van der Waals surface area contributed by atoms with E-state index in [4.69, 9.17) is 9.47 Å². The molecule has 0 spiro atoms. The topological polar surface area (TPSA) is 84.8 Å². The molecule has 2 aliphatic rings. The Balaban J connectivity index is 1.37. The van der Waals surface area contributed by atoms with E-state index >= 15 is 0 Å². The van der Waals surface area contributed by atoms with Crippen LogP contribution in [0.2, 0.25) is 0 Å². The SMILES string of the molecule is CNc1ccc(N2CCC(N(Cc3ccnc(OC)c3)Cc3cn4c5c(c(F)c(F)cc5c3=O)OCC4C)C2)cn1. The van der Waals surface area contributed by atoms with E-state index in [-0.39, 0.29) is 35.3 Å². The highest BCUT2D eigenvalue weighted by molar-refractivity contribution is 5.86. The molecule has 1 fully saturated rings. The van der Waals surface area contributed by atoms with Crippen molar-refractivity contribution in [2.24, 2.45) is 0 Å². The third kappa shape index (κ3) is 5.06. The average Bonchev–Trinajstić information content (AvgIpc) is 3.49. The number of methoxy groups -OCH3 is 1. The van der Waals surface area contributed by atoms with Crippen LogP contribution in [0.1, 0.15) is 30.5 Å². The lowest BCUT2D eigenvalue weighted by molar-refractivity contribution is 0.189. The monoisotopic (exact) mass is 562 g/mol. The second kappa shape index (κ2) is 11.0. The van der Waals surface area contributed by atoms with Crippen LogP contribution in [0.4, 0.5) is 20.3 Å². The number of nitrogens with one attached hydrogen (secondary N) is 1. The average molecular weight is 563 g/mol. The molecule has 2 unspecified atom stereocenters. The number of rotatable bonds is 8. The van der Waals surface area contributed by atoms with Crippen molar-refractivity contribution in [3.05, 3.63) is 81.9 Å². The van der Waals surface area contributed by atoms with Gasteiger partial charge in [-0.05, 0) is 43.2 Å². The fraction of sp³-hybridized carbons (Fsp3) is 0.367. The van der Waals surface area contributed by atoms with Crippen LogP contribution < -0.4 is 25.1 Å². The number of aromatic nitrogens is 3. The fourth-order valence-electron chi connectivity index (χ4n) is 5.79. The molecule has 0 saturated carbocycles. The summed E-state index contributed by atoms with van der Waals surface area (Å²) in [4.78, 5) is 27.0. The number of anilines is 2. The number of ether oxygens (including phenoxy) is 2. The number of halogens is 2. The quantitative estimate of drug-likeness (QED) is 0.339. The van der Waals surface area contributed by atoms with Crippen LogP contribution in [0.25, 0.3) is 10.9 Å². The van der Waals surface area contributed by atoms with E-state index < -0.39 is 11.6 Å². The molecule has 1 N–H and O–H groups in total. The van der Waals surface area contributed by atoms with Gasteiger partial charge in [-0.2, -0.15) is 4.39 Å². The Morgan fingerprint density at radius 1 is 1.20 bits per heavy atom. The summed E-state index contributed by atoms with van der Waals surface area (Å²) in [5, 5.41) is 3.17. The van der Waals surface area contributed by atoms with Crippen molar-refractivity contribution in [2.75, 3.05) is 44.1 Å². The van der Waals surface area contributed by atoms with Gasteiger partial charge in [0.25, 0.3) is 0 Å². The normalized spacial score (nSPS) is 18.1. The molecular formula is C30H32F2N6O3. The molecule has 1 aromatic carbocycles. The lowest BCUT2D eigenvalue weighted by atomic mass is 10.1. The van der Waals surface area contributed by atoms with Gasteiger partial charge in [-0.1, -0.05) is 0 Å². The third-order valence-corrected chi connectivity index (χ3v) is 8.00. The Bertz CT molecular complexity index is 1640. The maximum atomic E-state index is 14.6. The van der Waals surface area contributed by atoms with Crippen LogP contribution in [0.3, 0.4) is 0 Å². The fourth-order valence-corrected chi connectivity index (χ4v) is 5.79. The van der Waals surface area contributed by atoms with Crippen molar-refractivity contribution < 1.29 is 18.3 Å². The van der Waals surface area contributed by atoms with Crippen molar-refractivity contribution in [3.63, 3.8) is 0 Å². The van der Waals surface area contributed by atoms with Gasteiger partial charge in [0.1, 0.15) is 12.4 Å². The minimum absolute atomic E-state index is 0.121. The second-order valence-corrected chi connectivity index (χ2v) is 10.6. The van der Waals surface area contributed by atoms with E-state index in [2.05, 4.69) is 31.2 Å². The largest absolute Gasteiger partial charge is 0.486 e. The molecule has 0 aliphatic carbocycles. The molecule has 4 aromatic rings. The maximum Gasteiger partial charge on any atom is 0.213 e. The molecule has 0 radical (unpaired) electrons. The Morgan fingerprint density at radius 2 is 2.05 bits per heavy atom. The van der Waals surface area contributed by atoms with Crippen LogP contribution in [0.15, 0.2) is 53.7 Å². The first kappa shape index (κ1) is 26.9. The Labute approximate surface area is 236 Å². The Hall–Kier alpha value is -4.25. The van der Waals surface area contributed by atoms with E-state index in [9.17, 15) is 13.6 Å². The van der Waals surface area contributed by atoms with Crippen LogP contribution in [0.5, 0.6) is 11.6 Å². The minimum atomic E-state index is -1.09. The second-order valence-electron chi connectivity index (χ2n) is 10.6. The molecule has 214 valence electrons. The van der Waals surface area contributed by atoms with Gasteiger partial charge in [0.15, 0.2) is 17.0 Å². The van der Waals surface area contributed by atoms with Gasteiger partial charge >= 0.3 is 0 Å². The molecular weight excluding hydrogens is 530 g/mol. The highest BCUT2D eigenvalue weighted by atomic mass is 19.2. The molecule has 2 aliphatic heterocycles. The number of benzene rings is 1. The molecule has 3 aromatic heterocycles. The number of nitrogens with zero attached hydrogens (tertiary/aromatic N) is 5. The van der Waals surface area contributed by atoms with E-state index in [1.54, 1.807) is 19.5 Å². The molecule has 1 saturated heterocycles. The summed E-state index contributed by atoms with van der Waals surface area (Å²) in [6, 6.07) is 8.79. The number of pyridine rings is 3. The van der Waals surface area contributed by atoms with Crippen molar-refractivity contribution in [1.29, 1.82) is 0 Å². The molecule has 41 heavy (non-hydrogen) atoms. The molecule has 0 bridgehead atoms. The van der Waals surface area contributed by atoms with Crippen LogP contribution >= 0.6 is 0 Å². The predicted octanol–water partition coefficient (Wildman–Crippen LogP) is 4.35. The predicted molar refractivity (Wildman–Crippen MR) is 153 cm³/mol. The van der Waals surface area contributed by atoms with Gasteiger partial charge in [-0.15, -0.1) is 0 Å². The van der Waals surface area contributed by atoms with Crippen molar-refractivity contribution in [2.45, 2.75) is 38.5 Å². The molecule has 6 rings (SSSR count). The van der Waals surface area contributed by atoms with Crippen molar-refractivity contribution in [3.8, 4) is 11.6 Å². The zero-order valence-corrected chi connectivity index (χ0v) is 23.2. The summed E-state index contributed by atoms with van der Waals surface area (Å²) in [7, 11) is 3.41. The molecule has 0 amide bonds. The van der Waals surface area contributed by atoms with E-state index in [0.717, 1.165) is 42.6 Å². The minimum Gasteiger partial charge on any atom is -0.486 e. The first-order valence-corrected chi connectivity index (χ1v) is 13.7. The lowest BCUT2D eigenvalue weighted by Crippen LogP contribution is -2.38. The van der Waals surface area contributed by atoms with Crippen LogP contribution in [0, 0.1) is 11.6 Å². The summed E-state index contributed by atoms with van der Waals surface area (Å²) in [5.41, 5.74) is 2.52. The zero-order chi connectivity index (χ0) is 28.7. The number of hydrogen-bond donors (Lipinski definition) is 1. The summed E-state index contributed by atoms with van der Waals surface area (Å²) in [6.45, 7) is 4.58. The van der Waals surface area contributed by atoms with Crippen LogP contribution in [-0.2, 0) is 13.1 Å². The highest BCUT2D eigenvalue weighted by Gasteiger charge is 2.31. The first-order valence-electron chi connectivity index (χ1n) is 13.7. The van der Waals surface area contributed by atoms with Crippen molar-refractivity contribution >= 4 is 22.4 Å². The smallest absolute Gasteiger partial charge is 0.213 e. The Kier molecular flexibility index (Phi) is 7.21. The zero-order valence-electron chi connectivity index (χ0n) is 23.2. The summed E-state index contributed by atoms with van der Waals surface area (Å²) in [6.07, 6.45) is 6.23. The van der Waals surface area contributed by atoms with Gasteiger partial charge in [-0.3, -0.25) is 9.69 Å². The van der Waals surface area contributed by atoms with E-state index in [1.807, 2.05) is 42.9 Å². The van der Waals surface area contributed by atoms with Gasteiger partial charge < -0.3 is 24.3 Å². The van der Waals surface area contributed by atoms with Gasteiger partial charge in [0, 0.05) is 63.3 Å². The maximum absolute atomic E-state index is 14.6. The summed E-state index contributed by atoms with van der Waals surface area (Å²) < 4.78 is 41.8. The molecule has 9 nitrogen and oxygen atoms in total. The lowest BCUT2D eigenvalue weighted by Gasteiger charge is -2.31. The first-order chi connectivity index (χ1) is 19.9. The molecule has 2 atom stereocenters. The Morgan fingerprint density at radius 3 is 2.80 bits per heavy atom.